The van der Waals surface area contributed by atoms with Gasteiger partial charge in [-0.1, -0.05) is 12.1 Å². The topological polar surface area (TPSA) is 29.5 Å². The molecule has 4 heteroatoms. The molecule has 0 unspecified atom stereocenters. The molecule has 1 saturated carbocycles. The second kappa shape index (κ2) is 6.73. The third kappa shape index (κ3) is 3.73. The van der Waals surface area contributed by atoms with Crippen molar-refractivity contribution in [3.63, 3.8) is 0 Å². The van der Waals surface area contributed by atoms with Crippen molar-refractivity contribution in [2.75, 3.05) is 25.2 Å². The molecule has 0 bridgehead atoms. The summed E-state index contributed by atoms with van der Waals surface area (Å²) >= 11 is 1.81. The van der Waals surface area contributed by atoms with Crippen LogP contribution in [-0.4, -0.2) is 36.0 Å². The number of benzene rings is 1. The van der Waals surface area contributed by atoms with Gasteiger partial charge in [0.05, 0.1) is 18.9 Å². The SMILES string of the molecule is COc1cccc([C@@H]2CCCN2C(=O)CSCC2CC2)c1. The normalized spacial score (nSPS) is 21.6. The van der Waals surface area contributed by atoms with Gasteiger partial charge in [0.25, 0.3) is 0 Å². The van der Waals surface area contributed by atoms with Gasteiger partial charge in [-0.15, -0.1) is 0 Å². The summed E-state index contributed by atoms with van der Waals surface area (Å²) in [5.41, 5.74) is 1.20. The van der Waals surface area contributed by atoms with Crippen molar-refractivity contribution in [2.24, 2.45) is 5.92 Å². The number of carbonyl (C=O) groups excluding carboxylic acids is 1. The number of methoxy groups -OCH3 is 1. The number of nitrogens with zero attached hydrogens (tertiary/aromatic N) is 1. The fourth-order valence-corrected chi connectivity index (χ4v) is 4.07. The van der Waals surface area contributed by atoms with Crippen LogP contribution in [0.4, 0.5) is 0 Å². The summed E-state index contributed by atoms with van der Waals surface area (Å²) in [4.78, 5) is 14.5. The lowest BCUT2D eigenvalue weighted by molar-refractivity contribution is -0.129. The molecule has 1 amide bonds. The Morgan fingerprint density at radius 2 is 2.24 bits per heavy atom. The lowest BCUT2D eigenvalue weighted by Gasteiger charge is -2.25. The molecule has 3 rings (SSSR count). The third-order valence-electron chi connectivity index (χ3n) is 4.33. The molecular formula is C17H23NO2S. The van der Waals surface area contributed by atoms with E-state index in [9.17, 15) is 4.79 Å². The van der Waals surface area contributed by atoms with Gasteiger partial charge in [0, 0.05) is 6.54 Å². The number of amides is 1. The summed E-state index contributed by atoms with van der Waals surface area (Å²) in [7, 11) is 1.69. The first-order valence-electron chi connectivity index (χ1n) is 7.79. The molecule has 1 heterocycles. The lowest BCUT2D eigenvalue weighted by Crippen LogP contribution is -2.32. The second-order valence-electron chi connectivity index (χ2n) is 5.98. The Labute approximate surface area is 131 Å². The summed E-state index contributed by atoms with van der Waals surface area (Å²) in [6.45, 7) is 0.894. The number of carbonyl (C=O) groups is 1. The van der Waals surface area contributed by atoms with E-state index in [1.807, 2.05) is 23.9 Å². The fourth-order valence-electron chi connectivity index (χ4n) is 2.94. The summed E-state index contributed by atoms with van der Waals surface area (Å²) in [6, 6.07) is 8.37. The maximum Gasteiger partial charge on any atom is 0.233 e. The van der Waals surface area contributed by atoms with Gasteiger partial charge < -0.3 is 9.64 Å². The minimum absolute atomic E-state index is 0.231. The maximum atomic E-state index is 12.5. The summed E-state index contributed by atoms with van der Waals surface area (Å²) in [5, 5.41) is 0. The van der Waals surface area contributed by atoms with Gasteiger partial charge in [-0.2, -0.15) is 11.8 Å². The highest BCUT2D eigenvalue weighted by molar-refractivity contribution is 7.99. The first kappa shape index (κ1) is 14.8. The molecule has 0 radical (unpaired) electrons. The lowest BCUT2D eigenvalue weighted by atomic mass is 10.0. The van der Waals surface area contributed by atoms with Crippen molar-refractivity contribution in [1.82, 2.24) is 4.90 Å². The Kier molecular flexibility index (Phi) is 4.73. The predicted octanol–water partition coefficient (Wildman–Crippen LogP) is 3.50. The Morgan fingerprint density at radius 3 is 3.00 bits per heavy atom. The van der Waals surface area contributed by atoms with Crippen LogP contribution in [-0.2, 0) is 4.79 Å². The quantitative estimate of drug-likeness (QED) is 0.805. The van der Waals surface area contributed by atoms with E-state index < -0.39 is 0 Å². The van der Waals surface area contributed by atoms with Crippen LogP contribution in [0.15, 0.2) is 24.3 Å². The van der Waals surface area contributed by atoms with Crippen LogP contribution in [0.25, 0.3) is 0 Å². The van der Waals surface area contributed by atoms with Gasteiger partial charge in [-0.25, -0.2) is 0 Å². The van der Waals surface area contributed by atoms with Crippen molar-refractivity contribution in [3.05, 3.63) is 29.8 Å². The zero-order chi connectivity index (χ0) is 14.7. The molecule has 0 spiro atoms. The van der Waals surface area contributed by atoms with Crippen LogP contribution in [0.1, 0.15) is 37.3 Å². The Balaban J connectivity index is 1.61. The molecule has 114 valence electrons. The van der Waals surface area contributed by atoms with Crippen LogP contribution in [0.3, 0.4) is 0 Å². The van der Waals surface area contributed by atoms with Gasteiger partial charge in [-0.05, 0) is 55.1 Å². The molecule has 1 aromatic rings. The number of likely N-dealkylation sites (tertiary alicyclic amines) is 1. The Bertz CT molecular complexity index is 501. The van der Waals surface area contributed by atoms with Gasteiger partial charge in [0.15, 0.2) is 0 Å². The number of hydrogen-bond acceptors (Lipinski definition) is 3. The molecular weight excluding hydrogens is 282 g/mol. The minimum Gasteiger partial charge on any atom is -0.497 e. The summed E-state index contributed by atoms with van der Waals surface area (Å²) in [5.74, 6) is 3.84. The molecule has 21 heavy (non-hydrogen) atoms. The van der Waals surface area contributed by atoms with Crippen LogP contribution in [0, 0.1) is 5.92 Å². The molecule has 1 aliphatic heterocycles. The second-order valence-corrected chi connectivity index (χ2v) is 7.01. The van der Waals surface area contributed by atoms with Crippen molar-refractivity contribution in [3.8, 4) is 5.75 Å². The number of thioether (sulfide) groups is 1. The average molecular weight is 305 g/mol. The largest absolute Gasteiger partial charge is 0.497 e. The molecule has 1 aromatic carbocycles. The van der Waals surface area contributed by atoms with Crippen LogP contribution in [0.5, 0.6) is 5.75 Å². The van der Waals surface area contributed by atoms with Gasteiger partial charge in [0.1, 0.15) is 5.75 Å². The Hall–Kier alpha value is -1.16. The Morgan fingerprint density at radius 1 is 1.38 bits per heavy atom. The zero-order valence-electron chi connectivity index (χ0n) is 12.6. The van der Waals surface area contributed by atoms with E-state index in [4.69, 9.17) is 4.74 Å². The molecule has 1 saturated heterocycles. The molecule has 2 fully saturated rings. The van der Waals surface area contributed by atoms with Gasteiger partial charge in [0.2, 0.25) is 5.91 Å². The molecule has 0 N–H and O–H groups in total. The third-order valence-corrected chi connectivity index (χ3v) is 5.49. The van der Waals surface area contributed by atoms with Crippen LogP contribution in [0.2, 0.25) is 0 Å². The highest BCUT2D eigenvalue weighted by Crippen LogP contribution is 2.35. The van der Waals surface area contributed by atoms with E-state index >= 15 is 0 Å². The van der Waals surface area contributed by atoms with Crippen molar-refractivity contribution in [1.29, 1.82) is 0 Å². The van der Waals surface area contributed by atoms with Crippen molar-refractivity contribution < 1.29 is 9.53 Å². The fraction of sp³-hybridized carbons (Fsp3) is 0.588. The predicted molar refractivity (Wildman–Crippen MR) is 86.7 cm³/mol. The number of ether oxygens (including phenoxy) is 1. The molecule has 1 aliphatic carbocycles. The minimum atomic E-state index is 0.231. The standard InChI is InChI=1S/C17H23NO2S/c1-20-15-5-2-4-14(10-15)16-6-3-9-18(16)17(19)12-21-11-13-7-8-13/h2,4-5,10,13,16H,3,6-9,11-12H2,1H3/t16-/m0/s1. The highest BCUT2D eigenvalue weighted by atomic mass is 32.2. The van der Waals surface area contributed by atoms with E-state index in [2.05, 4.69) is 17.0 Å². The zero-order valence-corrected chi connectivity index (χ0v) is 13.4. The first-order chi connectivity index (χ1) is 10.3. The van der Waals surface area contributed by atoms with E-state index in [1.54, 1.807) is 7.11 Å². The molecule has 0 aromatic heterocycles. The van der Waals surface area contributed by atoms with E-state index in [-0.39, 0.29) is 6.04 Å². The smallest absolute Gasteiger partial charge is 0.233 e. The molecule has 2 aliphatic rings. The summed E-state index contributed by atoms with van der Waals surface area (Å²) < 4.78 is 5.30. The number of hydrogen-bond donors (Lipinski definition) is 0. The maximum absolute atomic E-state index is 12.5. The van der Waals surface area contributed by atoms with E-state index in [0.29, 0.717) is 11.7 Å². The van der Waals surface area contributed by atoms with Gasteiger partial charge in [-0.3, -0.25) is 4.79 Å². The molecule has 3 nitrogen and oxygen atoms in total. The highest BCUT2D eigenvalue weighted by Gasteiger charge is 2.30. The average Bonchev–Trinajstić information content (AvgIpc) is 3.20. The monoisotopic (exact) mass is 305 g/mol. The van der Waals surface area contributed by atoms with Crippen LogP contribution >= 0.6 is 11.8 Å². The van der Waals surface area contributed by atoms with Crippen molar-refractivity contribution in [2.45, 2.75) is 31.7 Å². The van der Waals surface area contributed by atoms with Crippen molar-refractivity contribution >= 4 is 17.7 Å². The van der Waals surface area contributed by atoms with Gasteiger partial charge >= 0.3 is 0 Å². The number of rotatable bonds is 6. The van der Waals surface area contributed by atoms with E-state index in [1.165, 1.54) is 18.4 Å². The first-order valence-corrected chi connectivity index (χ1v) is 8.94. The summed E-state index contributed by atoms with van der Waals surface area (Å²) in [6.07, 6.45) is 4.88. The molecule has 1 atom stereocenters. The van der Waals surface area contributed by atoms with E-state index in [0.717, 1.165) is 36.8 Å². The van der Waals surface area contributed by atoms with Crippen LogP contribution < -0.4 is 4.74 Å².